The summed E-state index contributed by atoms with van der Waals surface area (Å²) in [4.78, 5) is 22.6. The Bertz CT molecular complexity index is 729. The molecule has 0 amide bonds. The Morgan fingerprint density at radius 3 is 3.12 bits per heavy atom. The van der Waals surface area contributed by atoms with Crippen LogP contribution < -0.4 is 5.56 Å². The molecule has 0 saturated heterocycles. The third-order valence-corrected chi connectivity index (χ3v) is 3.38. The molecule has 3 aromatic rings. The van der Waals surface area contributed by atoms with Crippen molar-refractivity contribution in [2.75, 3.05) is 6.26 Å². The normalized spacial score (nSPS) is 11.3. The molecule has 2 N–H and O–H groups in total. The van der Waals surface area contributed by atoms with Crippen LogP contribution in [0.2, 0.25) is 0 Å². The molecule has 5 heteroatoms. The molecule has 4 nitrogen and oxygen atoms in total. The van der Waals surface area contributed by atoms with E-state index in [1.165, 1.54) is 11.8 Å². The molecule has 0 unspecified atom stereocenters. The summed E-state index contributed by atoms with van der Waals surface area (Å²) in [6.07, 6.45) is 5.42. The molecule has 0 aliphatic heterocycles. The topological polar surface area (TPSA) is 61.5 Å². The summed E-state index contributed by atoms with van der Waals surface area (Å²) in [5.41, 5.74) is 1.55. The first-order valence-corrected chi connectivity index (χ1v) is 6.06. The van der Waals surface area contributed by atoms with Gasteiger partial charge in [-0.15, -0.1) is 11.8 Å². The molecule has 80 valence electrons. The van der Waals surface area contributed by atoms with Crippen molar-refractivity contribution in [3.63, 3.8) is 0 Å². The van der Waals surface area contributed by atoms with Gasteiger partial charge in [-0.05, 0) is 18.4 Å². The number of nitrogens with zero attached hydrogens (tertiary/aromatic N) is 1. The van der Waals surface area contributed by atoms with Gasteiger partial charge in [-0.3, -0.25) is 4.79 Å². The second-order valence-corrected chi connectivity index (χ2v) is 4.28. The van der Waals surface area contributed by atoms with E-state index in [0.717, 1.165) is 26.8 Å². The van der Waals surface area contributed by atoms with Crippen LogP contribution in [-0.4, -0.2) is 21.2 Å². The van der Waals surface area contributed by atoms with Gasteiger partial charge in [0.2, 0.25) is 0 Å². The Hall–Kier alpha value is -1.75. The zero-order chi connectivity index (χ0) is 11.1. The van der Waals surface area contributed by atoms with Gasteiger partial charge in [0.15, 0.2) is 0 Å². The van der Waals surface area contributed by atoms with Crippen LogP contribution in [0.1, 0.15) is 0 Å². The van der Waals surface area contributed by atoms with Crippen molar-refractivity contribution in [1.82, 2.24) is 15.0 Å². The first kappa shape index (κ1) is 9.47. The highest BCUT2D eigenvalue weighted by Gasteiger charge is 2.11. The molecule has 0 aliphatic rings. The molecule has 0 spiro atoms. The van der Waals surface area contributed by atoms with Gasteiger partial charge in [0.1, 0.15) is 5.65 Å². The molecule has 16 heavy (non-hydrogen) atoms. The largest absolute Gasteiger partial charge is 0.346 e. The maximum absolute atomic E-state index is 11.7. The first-order valence-electron chi connectivity index (χ1n) is 4.83. The van der Waals surface area contributed by atoms with Crippen molar-refractivity contribution < 1.29 is 0 Å². The lowest BCUT2D eigenvalue weighted by atomic mass is 10.2. The summed E-state index contributed by atoms with van der Waals surface area (Å²) in [5.74, 6) is 0. The number of hydrogen-bond acceptors (Lipinski definition) is 3. The summed E-state index contributed by atoms with van der Waals surface area (Å²) in [6.45, 7) is 0. The van der Waals surface area contributed by atoms with Gasteiger partial charge in [-0.1, -0.05) is 0 Å². The lowest BCUT2D eigenvalue weighted by molar-refractivity contribution is 1.27. The highest BCUT2D eigenvalue weighted by atomic mass is 32.2. The average Bonchev–Trinajstić information content (AvgIpc) is 2.65. The zero-order valence-electron chi connectivity index (χ0n) is 8.57. The molecule has 3 heterocycles. The molecule has 0 aromatic carbocycles. The summed E-state index contributed by atoms with van der Waals surface area (Å²) < 4.78 is 0. The minimum Gasteiger partial charge on any atom is -0.346 e. The molecule has 0 radical (unpaired) electrons. The molecule has 0 atom stereocenters. The summed E-state index contributed by atoms with van der Waals surface area (Å²) in [6, 6.07) is 3.87. The van der Waals surface area contributed by atoms with Crippen LogP contribution in [0.4, 0.5) is 0 Å². The Kier molecular flexibility index (Phi) is 2.00. The van der Waals surface area contributed by atoms with E-state index in [-0.39, 0.29) is 5.56 Å². The van der Waals surface area contributed by atoms with E-state index in [2.05, 4.69) is 15.0 Å². The number of H-pyrrole nitrogens is 2. The third kappa shape index (κ3) is 1.18. The van der Waals surface area contributed by atoms with Crippen molar-refractivity contribution in [2.45, 2.75) is 4.90 Å². The van der Waals surface area contributed by atoms with Crippen LogP contribution in [0.25, 0.3) is 21.9 Å². The van der Waals surface area contributed by atoms with Crippen molar-refractivity contribution in [3.8, 4) is 0 Å². The van der Waals surface area contributed by atoms with Crippen LogP contribution in [0.15, 0.2) is 34.2 Å². The molecular formula is C11H9N3OS. The number of nitrogens with one attached hydrogen (secondary N) is 2. The fourth-order valence-corrected chi connectivity index (χ4v) is 2.56. The van der Waals surface area contributed by atoms with Gasteiger partial charge in [-0.25, -0.2) is 4.98 Å². The highest BCUT2D eigenvalue weighted by molar-refractivity contribution is 7.98. The minimum atomic E-state index is -0.0411. The van der Waals surface area contributed by atoms with E-state index in [9.17, 15) is 4.79 Å². The number of hydrogen-bond donors (Lipinski definition) is 2. The van der Waals surface area contributed by atoms with Crippen molar-refractivity contribution in [1.29, 1.82) is 0 Å². The van der Waals surface area contributed by atoms with Gasteiger partial charge in [0.05, 0.1) is 16.6 Å². The van der Waals surface area contributed by atoms with Crippen LogP contribution in [0, 0.1) is 0 Å². The zero-order valence-corrected chi connectivity index (χ0v) is 9.39. The minimum absolute atomic E-state index is 0.0411. The number of thioether (sulfide) groups is 1. The summed E-state index contributed by atoms with van der Waals surface area (Å²) >= 11 is 1.46. The van der Waals surface area contributed by atoms with Gasteiger partial charge in [-0.2, -0.15) is 0 Å². The fourth-order valence-electron chi connectivity index (χ4n) is 1.90. The van der Waals surface area contributed by atoms with E-state index in [1.54, 1.807) is 6.20 Å². The van der Waals surface area contributed by atoms with Gasteiger partial charge in [0.25, 0.3) is 5.56 Å². The van der Waals surface area contributed by atoms with Crippen molar-refractivity contribution >= 4 is 33.7 Å². The lowest BCUT2D eigenvalue weighted by Crippen LogP contribution is -1.98. The standard InChI is InChI=1S/C11H9N3OS/c1-16-9-8-6-3-2-4-12-10(6)13-5-7(8)14-11(9)15/h2-5H,1H3,(H,12,13)(H,14,15). The van der Waals surface area contributed by atoms with Crippen molar-refractivity contribution in [3.05, 3.63) is 34.9 Å². The Morgan fingerprint density at radius 1 is 1.44 bits per heavy atom. The van der Waals surface area contributed by atoms with E-state index < -0.39 is 0 Å². The van der Waals surface area contributed by atoms with Crippen LogP contribution in [0.3, 0.4) is 0 Å². The molecular weight excluding hydrogens is 222 g/mol. The molecule has 3 aromatic heterocycles. The quantitative estimate of drug-likeness (QED) is 0.631. The average molecular weight is 231 g/mol. The number of aromatic nitrogens is 3. The van der Waals surface area contributed by atoms with Crippen LogP contribution in [0.5, 0.6) is 0 Å². The molecule has 0 saturated carbocycles. The number of pyridine rings is 2. The highest BCUT2D eigenvalue weighted by Crippen LogP contribution is 2.27. The third-order valence-electron chi connectivity index (χ3n) is 2.58. The SMILES string of the molecule is CSc1c(=O)[nH]c2cnc3[nH]cccc3c12. The smallest absolute Gasteiger partial charge is 0.262 e. The fraction of sp³-hybridized carbons (Fsp3) is 0.0909. The van der Waals surface area contributed by atoms with Crippen LogP contribution >= 0.6 is 11.8 Å². The first-order chi connectivity index (χ1) is 7.81. The Labute approximate surface area is 95.1 Å². The van der Waals surface area contributed by atoms with Crippen molar-refractivity contribution in [2.24, 2.45) is 0 Å². The van der Waals surface area contributed by atoms with E-state index in [4.69, 9.17) is 0 Å². The second-order valence-electron chi connectivity index (χ2n) is 3.47. The van der Waals surface area contributed by atoms with Gasteiger partial charge >= 0.3 is 0 Å². The predicted molar refractivity (Wildman–Crippen MR) is 66.0 cm³/mol. The van der Waals surface area contributed by atoms with E-state index in [0.29, 0.717) is 0 Å². The molecule has 0 fully saturated rings. The molecule has 0 bridgehead atoms. The summed E-state index contributed by atoms with van der Waals surface area (Å²) in [5, 5.41) is 1.93. The molecule has 3 rings (SSSR count). The lowest BCUT2D eigenvalue weighted by Gasteiger charge is -1.99. The Morgan fingerprint density at radius 2 is 2.31 bits per heavy atom. The number of aromatic amines is 2. The molecule has 0 aliphatic carbocycles. The van der Waals surface area contributed by atoms with E-state index >= 15 is 0 Å². The Balaban J connectivity index is 2.62. The maximum Gasteiger partial charge on any atom is 0.262 e. The number of rotatable bonds is 1. The van der Waals surface area contributed by atoms with Gasteiger partial charge in [0, 0.05) is 17.0 Å². The van der Waals surface area contributed by atoms with Gasteiger partial charge < -0.3 is 9.97 Å². The van der Waals surface area contributed by atoms with Crippen LogP contribution in [-0.2, 0) is 0 Å². The summed E-state index contributed by atoms with van der Waals surface area (Å²) in [7, 11) is 0. The van der Waals surface area contributed by atoms with E-state index in [1.807, 2.05) is 24.6 Å². The number of fused-ring (bicyclic) bond motifs is 3. The monoisotopic (exact) mass is 231 g/mol. The second kappa shape index (κ2) is 3.38. The maximum atomic E-state index is 11.7. The predicted octanol–water partition coefficient (Wildman–Crippen LogP) is 2.13.